The lowest BCUT2D eigenvalue weighted by atomic mass is 9.75. The van der Waals surface area contributed by atoms with E-state index in [9.17, 15) is 13.2 Å². The molecule has 0 bridgehead atoms. The number of hydrogen-bond acceptors (Lipinski definition) is 8. The van der Waals surface area contributed by atoms with Crippen LogP contribution in [0, 0.1) is 29.3 Å². The zero-order valence-corrected chi connectivity index (χ0v) is 21.8. The van der Waals surface area contributed by atoms with Crippen molar-refractivity contribution in [2.24, 2.45) is 17.6 Å². The molecule has 2 N–H and O–H groups in total. The van der Waals surface area contributed by atoms with Gasteiger partial charge in [0.25, 0.3) is 0 Å². The molecule has 1 aromatic carbocycles. The molecule has 3 heterocycles. The second-order valence-electron chi connectivity index (χ2n) is 10.9. The van der Waals surface area contributed by atoms with Gasteiger partial charge in [0.2, 0.25) is 11.8 Å². The average molecular weight is 531 g/mol. The van der Waals surface area contributed by atoms with Gasteiger partial charge >= 0.3 is 0 Å². The fourth-order valence-corrected chi connectivity index (χ4v) is 5.47. The van der Waals surface area contributed by atoms with E-state index in [2.05, 4.69) is 40.9 Å². The maximum absolute atomic E-state index is 14.3. The average Bonchev–Trinajstić information content (AvgIpc) is 3.53. The lowest BCUT2D eigenvalue weighted by Crippen LogP contribution is -2.29. The molecule has 204 valence electrons. The van der Waals surface area contributed by atoms with E-state index in [1.54, 1.807) is 12.4 Å². The summed E-state index contributed by atoms with van der Waals surface area (Å²) in [5, 5.41) is 4.10. The Bertz CT molecular complexity index is 1250. The molecule has 11 heteroatoms. The minimum Gasteiger partial charge on any atom is -0.490 e. The Hall–Kier alpha value is -3.21. The fourth-order valence-electron chi connectivity index (χ4n) is 5.47. The van der Waals surface area contributed by atoms with Gasteiger partial charge in [-0.15, -0.1) is 0 Å². The van der Waals surface area contributed by atoms with Gasteiger partial charge in [-0.2, -0.15) is 4.98 Å². The van der Waals surface area contributed by atoms with Crippen molar-refractivity contribution in [3.63, 3.8) is 0 Å². The van der Waals surface area contributed by atoms with Crippen LogP contribution in [0.5, 0.6) is 5.75 Å². The predicted molar refractivity (Wildman–Crippen MR) is 134 cm³/mol. The minimum absolute atomic E-state index is 0.0575. The number of anilines is 1. The van der Waals surface area contributed by atoms with Crippen LogP contribution in [-0.2, 0) is 0 Å². The Morgan fingerprint density at radius 1 is 1.08 bits per heavy atom. The third-order valence-corrected chi connectivity index (χ3v) is 7.84. The van der Waals surface area contributed by atoms with Gasteiger partial charge < -0.3 is 19.9 Å². The quantitative estimate of drug-likeness (QED) is 0.429. The molecule has 5 unspecified atom stereocenters. The summed E-state index contributed by atoms with van der Waals surface area (Å²) in [5.74, 6) is 0.191. The largest absolute Gasteiger partial charge is 0.490 e. The lowest BCUT2D eigenvalue weighted by molar-refractivity contribution is 0.139. The second-order valence-corrected chi connectivity index (χ2v) is 10.9. The minimum atomic E-state index is -1.22. The number of aromatic nitrogens is 4. The van der Waals surface area contributed by atoms with Gasteiger partial charge in [-0.05, 0) is 42.7 Å². The first kappa shape index (κ1) is 26.4. The molecule has 0 radical (unpaired) electrons. The highest BCUT2D eigenvalue weighted by atomic mass is 19.2. The Balaban J connectivity index is 1.14. The van der Waals surface area contributed by atoms with Crippen LogP contribution in [0.4, 0.5) is 19.1 Å². The molecule has 3 aromatic rings. The highest BCUT2D eigenvalue weighted by molar-refractivity contribution is 5.39. The molecule has 5 rings (SSSR count). The molecular formula is C27H33F3N6O2. The van der Waals surface area contributed by atoms with E-state index in [1.165, 1.54) is 0 Å². The van der Waals surface area contributed by atoms with Gasteiger partial charge in [-0.25, -0.2) is 23.1 Å². The standard InChI is InChI=1S/C27H33F3N6O2/c1-14(2)25-34-26(38-35-25)16-4-5-17(15(3)6-16)13-37-18-9-32-27(33-10-18)36-11-20(24(31)12-36)19-7-22(29)23(30)8-21(19)28/h7-10,14-17,20,24H,4-6,11-13,31H2,1-3H3. The van der Waals surface area contributed by atoms with Crippen molar-refractivity contribution < 1.29 is 22.4 Å². The van der Waals surface area contributed by atoms with Crippen LogP contribution in [0.25, 0.3) is 0 Å². The highest BCUT2D eigenvalue weighted by Crippen LogP contribution is 2.39. The maximum Gasteiger partial charge on any atom is 0.229 e. The Labute approximate surface area is 219 Å². The molecule has 2 aromatic heterocycles. The molecule has 5 atom stereocenters. The normalized spacial score (nSPS) is 25.8. The molecule has 8 nitrogen and oxygen atoms in total. The van der Waals surface area contributed by atoms with Crippen LogP contribution >= 0.6 is 0 Å². The van der Waals surface area contributed by atoms with E-state index < -0.39 is 29.4 Å². The van der Waals surface area contributed by atoms with E-state index >= 15 is 0 Å². The summed E-state index contributed by atoms with van der Waals surface area (Å²) in [6.45, 7) is 7.55. The van der Waals surface area contributed by atoms with Crippen LogP contribution in [0.2, 0.25) is 0 Å². The van der Waals surface area contributed by atoms with Crippen molar-refractivity contribution in [2.45, 2.75) is 63.8 Å². The van der Waals surface area contributed by atoms with Gasteiger partial charge in [0.15, 0.2) is 23.2 Å². The number of nitrogens with zero attached hydrogens (tertiary/aromatic N) is 5. The molecule has 2 fully saturated rings. The topological polar surface area (TPSA) is 103 Å². The third-order valence-electron chi connectivity index (χ3n) is 7.84. The van der Waals surface area contributed by atoms with Crippen molar-refractivity contribution in [2.75, 3.05) is 24.6 Å². The molecule has 38 heavy (non-hydrogen) atoms. The first-order valence-corrected chi connectivity index (χ1v) is 13.1. The van der Waals surface area contributed by atoms with Gasteiger partial charge in [0.05, 0.1) is 19.0 Å². The number of hydrogen-bond donors (Lipinski definition) is 1. The summed E-state index contributed by atoms with van der Waals surface area (Å²) in [4.78, 5) is 15.2. The van der Waals surface area contributed by atoms with Gasteiger partial charge in [-0.1, -0.05) is 25.9 Å². The van der Waals surface area contributed by atoms with Crippen molar-refractivity contribution in [3.05, 3.63) is 59.3 Å². The maximum atomic E-state index is 14.3. The van der Waals surface area contributed by atoms with Crippen LogP contribution < -0.4 is 15.4 Å². The van der Waals surface area contributed by atoms with E-state index in [-0.39, 0.29) is 17.4 Å². The number of ether oxygens (including phenoxy) is 1. The SMILES string of the molecule is CC(C)c1noc(C2CCC(COc3cnc(N4CC(N)C(c5cc(F)c(F)cc5F)C4)nc3)C(C)C2)n1. The monoisotopic (exact) mass is 530 g/mol. The molecular weight excluding hydrogens is 497 g/mol. The van der Waals surface area contributed by atoms with Gasteiger partial charge in [-0.3, -0.25) is 0 Å². The Morgan fingerprint density at radius 2 is 1.82 bits per heavy atom. The molecule has 1 saturated heterocycles. The summed E-state index contributed by atoms with van der Waals surface area (Å²) in [6, 6.07) is 0.967. The molecule has 0 spiro atoms. The number of benzene rings is 1. The predicted octanol–water partition coefficient (Wildman–Crippen LogP) is 4.93. The summed E-state index contributed by atoms with van der Waals surface area (Å²) >= 11 is 0. The summed E-state index contributed by atoms with van der Waals surface area (Å²) < 4.78 is 52.9. The summed E-state index contributed by atoms with van der Waals surface area (Å²) in [7, 11) is 0. The number of rotatable bonds is 7. The highest BCUT2D eigenvalue weighted by Gasteiger charge is 2.35. The van der Waals surface area contributed by atoms with Crippen molar-refractivity contribution in [1.82, 2.24) is 20.1 Å². The van der Waals surface area contributed by atoms with Crippen molar-refractivity contribution in [1.29, 1.82) is 0 Å². The Morgan fingerprint density at radius 3 is 2.50 bits per heavy atom. The smallest absolute Gasteiger partial charge is 0.229 e. The van der Waals surface area contributed by atoms with Crippen LogP contribution in [0.15, 0.2) is 29.0 Å². The zero-order chi connectivity index (χ0) is 27.0. The van der Waals surface area contributed by atoms with Crippen LogP contribution in [-0.4, -0.2) is 45.8 Å². The number of halogens is 3. The third kappa shape index (κ3) is 5.48. The van der Waals surface area contributed by atoms with Gasteiger partial charge in [0.1, 0.15) is 5.82 Å². The second kappa shape index (κ2) is 10.9. The van der Waals surface area contributed by atoms with E-state index in [0.717, 1.165) is 37.0 Å². The van der Waals surface area contributed by atoms with Crippen LogP contribution in [0.1, 0.15) is 75.1 Å². The van der Waals surface area contributed by atoms with Crippen LogP contribution in [0.3, 0.4) is 0 Å². The van der Waals surface area contributed by atoms with Crippen molar-refractivity contribution in [3.8, 4) is 5.75 Å². The molecule has 1 aliphatic carbocycles. The van der Waals surface area contributed by atoms with Crippen molar-refractivity contribution >= 4 is 5.95 Å². The molecule has 1 aliphatic heterocycles. The zero-order valence-electron chi connectivity index (χ0n) is 21.8. The number of nitrogens with two attached hydrogens (primary N) is 1. The fraction of sp³-hybridized carbons (Fsp3) is 0.556. The van der Waals surface area contributed by atoms with E-state index in [1.807, 2.05) is 4.90 Å². The van der Waals surface area contributed by atoms with Gasteiger partial charge in [0, 0.05) is 43.0 Å². The lowest BCUT2D eigenvalue weighted by Gasteiger charge is -2.32. The van der Waals surface area contributed by atoms with E-state index in [4.69, 9.17) is 15.0 Å². The summed E-state index contributed by atoms with van der Waals surface area (Å²) in [5.41, 5.74) is 6.27. The molecule has 0 amide bonds. The first-order chi connectivity index (χ1) is 18.2. The molecule has 1 saturated carbocycles. The Kier molecular flexibility index (Phi) is 7.56. The molecule has 2 aliphatic rings. The van der Waals surface area contributed by atoms with E-state index in [0.29, 0.717) is 49.3 Å². The first-order valence-electron chi connectivity index (χ1n) is 13.1. The summed E-state index contributed by atoms with van der Waals surface area (Å²) in [6.07, 6.45) is 6.17.